The van der Waals surface area contributed by atoms with E-state index in [-0.39, 0.29) is 18.3 Å². The van der Waals surface area contributed by atoms with E-state index in [1.807, 2.05) is 0 Å². The van der Waals surface area contributed by atoms with E-state index < -0.39 is 5.91 Å². The number of hydrogen-bond acceptors (Lipinski definition) is 3. The second kappa shape index (κ2) is 2.95. The Kier molecular flexibility index (Phi) is 2.20. The fraction of sp³-hybridized carbons (Fsp3) is 0.250. The number of rotatable bonds is 0. The lowest BCUT2D eigenvalue weighted by atomic mass is 10.3. The predicted molar refractivity (Wildman–Crippen MR) is 40.3 cm³/mol. The van der Waals surface area contributed by atoms with E-state index in [0.717, 1.165) is 0 Å². The van der Waals surface area contributed by atoms with Crippen molar-refractivity contribution in [2.24, 2.45) is 4.99 Å². The van der Waals surface area contributed by atoms with Gasteiger partial charge in [-0.1, -0.05) is 0 Å². The summed E-state index contributed by atoms with van der Waals surface area (Å²) in [4.78, 5) is 24.4. The number of carbonyl (C=O) groups excluding carboxylic acids is 2. The second-order valence-electron chi connectivity index (χ2n) is 1.61. The molecule has 0 spiro atoms. The summed E-state index contributed by atoms with van der Waals surface area (Å²) in [6.07, 6.45) is -0.191. The molecule has 0 saturated carbocycles. The number of amidine groups is 1. The highest BCUT2D eigenvalue weighted by molar-refractivity contribution is 14.1. The average molecular weight is 254 g/mol. The van der Waals surface area contributed by atoms with E-state index in [4.69, 9.17) is 0 Å². The lowest BCUT2D eigenvalue weighted by Crippen LogP contribution is -2.36. The highest BCUT2D eigenvalue weighted by atomic mass is 127. The lowest BCUT2D eigenvalue weighted by molar-refractivity contribution is -0.127. The average Bonchev–Trinajstić information content (AvgIpc) is 1.85. The van der Waals surface area contributed by atoms with Crippen LogP contribution in [0.25, 0.3) is 0 Å². The third-order valence-electron chi connectivity index (χ3n) is 0.857. The number of aliphatic imine (C=N–C) groups is 1. The van der Waals surface area contributed by atoms with E-state index in [1.165, 1.54) is 23.0 Å². The van der Waals surface area contributed by atoms with Gasteiger partial charge in [0.15, 0.2) is 23.0 Å². The van der Waals surface area contributed by atoms with Gasteiger partial charge in [0.25, 0.3) is 5.91 Å². The number of nitrogens with zero attached hydrogens (tertiary/aromatic N) is 1. The molecule has 0 atom stereocenters. The molecule has 0 fully saturated rings. The van der Waals surface area contributed by atoms with Gasteiger partial charge in [0.2, 0.25) is 5.91 Å². The summed E-state index contributed by atoms with van der Waals surface area (Å²) >= 11 is 1.53. The van der Waals surface area contributed by atoms with Crippen molar-refractivity contribution in [1.82, 2.24) is 5.32 Å². The molecule has 0 saturated heterocycles. The molecule has 0 aromatic carbocycles. The first-order valence-corrected chi connectivity index (χ1v) is 3.30. The van der Waals surface area contributed by atoms with Crippen molar-refractivity contribution in [3.05, 3.63) is 0 Å². The summed E-state index contributed by atoms with van der Waals surface area (Å²) in [5, 5.41) is 2.26. The summed E-state index contributed by atoms with van der Waals surface area (Å²) in [7, 11) is 0. The molecule has 1 aliphatic heterocycles. The summed E-state index contributed by atoms with van der Waals surface area (Å²) < 4.78 is 4.50. The molecule has 0 aliphatic carbocycles. The number of halogens is 1. The molecule has 5 nitrogen and oxygen atoms in total. The van der Waals surface area contributed by atoms with Crippen LogP contribution in [0.5, 0.6) is 0 Å². The van der Waals surface area contributed by atoms with Gasteiger partial charge in [-0.3, -0.25) is 14.9 Å². The van der Waals surface area contributed by atoms with Gasteiger partial charge >= 0.3 is 6.02 Å². The molecule has 1 N–H and O–H groups in total. The van der Waals surface area contributed by atoms with Gasteiger partial charge in [-0.2, -0.15) is 4.99 Å². The molecule has 1 heterocycles. The number of amides is 2. The third kappa shape index (κ3) is 1.66. The monoisotopic (exact) mass is 254 g/mol. The van der Waals surface area contributed by atoms with Crippen LogP contribution in [0.15, 0.2) is 4.99 Å². The summed E-state index contributed by atoms with van der Waals surface area (Å²) in [6, 6.07) is -0.0400. The van der Waals surface area contributed by atoms with Crippen molar-refractivity contribution in [2.45, 2.75) is 6.42 Å². The minimum Gasteiger partial charge on any atom is -0.393 e. The maximum Gasteiger partial charge on any atom is 0.309 e. The summed E-state index contributed by atoms with van der Waals surface area (Å²) in [5.74, 6) is -0.859. The van der Waals surface area contributed by atoms with Crippen LogP contribution in [0.4, 0.5) is 0 Å². The first kappa shape index (κ1) is 7.45. The highest BCUT2D eigenvalue weighted by Crippen LogP contribution is 1.97. The summed E-state index contributed by atoms with van der Waals surface area (Å²) in [6.45, 7) is 0. The van der Waals surface area contributed by atoms with Gasteiger partial charge in [-0.25, -0.2) is 0 Å². The molecular weight excluding hydrogens is 251 g/mol. The molecule has 0 unspecified atom stereocenters. The molecule has 1 aliphatic rings. The van der Waals surface area contributed by atoms with Gasteiger partial charge in [-0.05, 0) is 0 Å². The molecule has 54 valence electrons. The third-order valence-corrected chi connectivity index (χ3v) is 1.27. The number of nitrogens with one attached hydrogen (secondary N) is 1. The normalized spacial score (nSPS) is 17.9. The van der Waals surface area contributed by atoms with Crippen molar-refractivity contribution >= 4 is 40.8 Å². The van der Waals surface area contributed by atoms with E-state index in [9.17, 15) is 9.59 Å². The van der Waals surface area contributed by atoms with E-state index in [1.54, 1.807) is 0 Å². The molecule has 0 aromatic heterocycles. The Bertz CT molecular complexity index is 213. The van der Waals surface area contributed by atoms with E-state index in [2.05, 4.69) is 13.4 Å². The summed E-state index contributed by atoms with van der Waals surface area (Å²) in [5.41, 5.74) is 0. The highest BCUT2D eigenvalue weighted by Gasteiger charge is 2.18. The van der Waals surface area contributed by atoms with Crippen LogP contribution in [-0.2, 0) is 12.7 Å². The van der Waals surface area contributed by atoms with Gasteiger partial charge in [-0.15, -0.1) is 0 Å². The Balaban J connectivity index is 2.74. The first-order chi connectivity index (χ1) is 4.72. The Morgan fingerprint density at radius 3 is 2.80 bits per heavy atom. The lowest BCUT2D eigenvalue weighted by Gasteiger charge is -2.07. The Morgan fingerprint density at radius 1 is 1.60 bits per heavy atom. The number of hydrogen-bond donors (Lipinski definition) is 1. The zero-order chi connectivity index (χ0) is 7.56. The van der Waals surface area contributed by atoms with Gasteiger partial charge in [0, 0.05) is 0 Å². The standard InChI is InChI=1S/C4H3IN2O3/c5-10-4-6-2(8)1-3(9)7-4/h1H2,(H,6,7,8,9). The Hall–Kier alpha value is -0.660. The van der Waals surface area contributed by atoms with E-state index >= 15 is 0 Å². The maximum atomic E-state index is 10.5. The minimum absolute atomic E-state index is 0.0400. The SMILES string of the molecule is O=C1CC(=O)NC(OI)=N1. The molecular formula is C4H3IN2O3. The van der Waals surface area contributed by atoms with Gasteiger partial charge in [0.05, 0.1) is 0 Å². The largest absolute Gasteiger partial charge is 0.393 e. The van der Waals surface area contributed by atoms with Crippen LogP contribution in [0, 0.1) is 0 Å². The minimum atomic E-state index is -0.476. The molecule has 6 heteroatoms. The van der Waals surface area contributed by atoms with Crippen LogP contribution in [0.1, 0.15) is 6.42 Å². The zero-order valence-corrected chi connectivity index (χ0v) is 6.91. The Morgan fingerprint density at radius 2 is 2.30 bits per heavy atom. The Labute approximate surface area is 70.5 Å². The predicted octanol–water partition coefficient (Wildman–Crippen LogP) is -0.244. The van der Waals surface area contributed by atoms with Crippen molar-refractivity contribution in [1.29, 1.82) is 0 Å². The molecule has 2 amide bonds. The molecule has 0 aromatic rings. The molecule has 1 rings (SSSR count). The van der Waals surface area contributed by atoms with Crippen molar-refractivity contribution in [3.8, 4) is 0 Å². The van der Waals surface area contributed by atoms with Crippen molar-refractivity contribution in [3.63, 3.8) is 0 Å². The van der Waals surface area contributed by atoms with Crippen LogP contribution >= 0.6 is 23.0 Å². The second-order valence-corrected chi connectivity index (χ2v) is 2.05. The molecule has 0 radical (unpaired) electrons. The van der Waals surface area contributed by atoms with Crippen LogP contribution in [-0.4, -0.2) is 17.8 Å². The van der Waals surface area contributed by atoms with Gasteiger partial charge in [0.1, 0.15) is 6.42 Å². The van der Waals surface area contributed by atoms with Gasteiger partial charge < -0.3 is 3.07 Å². The van der Waals surface area contributed by atoms with Crippen molar-refractivity contribution < 1.29 is 12.7 Å². The topological polar surface area (TPSA) is 67.8 Å². The first-order valence-electron chi connectivity index (χ1n) is 2.42. The fourth-order valence-electron chi connectivity index (χ4n) is 0.518. The van der Waals surface area contributed by atoms with E-state index in [0.29, 0.717) is 0 Å². The van der Waals surface area contributed by atoms with Crippen LogP contribution in [0.2, 0.25) is 0 Å². The van der Waals surface area contributed by atoms with Crippen molar-refractivity contribution in [2.75, 3.05) is 0 Å². The quantitative estimate of drug-likeness (QED) is 0.479. The van der Waals surface area contributed by atoms with Crippen LogP contribution in [0.3, 0.4) is 0 Å². The number of carbonyl (C=O) groups is 2. The van der Waals surface area contributed by atoms with Crippen LogP contribution < -0.4 is 5.32 Å². The fourth-order valence-corrected chi connectivity index (χ4v) is 0.727. The molecule has 0 bridgehead atoms. The zero-order valence-electron chi connectivity index (χ0n) is 4.76. The maximum absolute atomic E-state index is 10.5. The molecule has 10 heavy (non-hydrogen) atoms. The smallest absolute Gasteiger partial charge is 0.309 e.